The summed E-state index contributed by atoms with van der Waals surface area (Å²) < 4.78 is 12.2. The van der Waals surface area contributed by atoms with Gasteiger partial charge in [0.15, 0.2) is 17.3 Å². The van der Waals surface area contributed by atoms with E-state index in [2.05, 4.69) is 11.8 Å². The zero-order valence-electron chi connectivity index (χ0n) is 16.7. The number of carbonyl (C=O) groups excluding carboxylic acids is 1. The van der Waals surface area contributed by atoms with Crippen molar-refractivity contribution < 1.29 is 14.3 Å². The van der Waals surface area contributed by atoms with Gasteiger partial charge in [0.2, 0.25) is 0 Å². The smallest absolute Gasteiger partial charge is 0.198 e. The largest absolute Gasteiger partial charge is 0.490 e. The van der Waals surface area contributed by atoms with Gasteiger partial charge in [-0.25, -0.2) is 0 Å². The van der Waals surface area contributed by atoms with Gasteiger partial charge >= 0.3 is 0 Å². The maximum Gasteiger partial charge on any atom is 0.198 e. The maximum atomic E-state index is 13.1. The van der Waals surface area contributed by atoms with Crippen molar-refractivity contribution in [2.24, 2.45) is 0 Å². The van der Waals surface area contributed by atoms with E-state index in [-0.39, 0.29) is 5.78 Å². The summed E-state index contributed by atoms with van der Waals surface area (Å²) in [7, 11) is 0. The zero-order chi connectivity index (χ0) is 19.3. The Morgan fingerprint density at radius 2 is 1.64 bits per heavy atom. The lowest BCUT2D eigenvalue weighted by Crippen LogP contribution is -2.22. The van der Waals surface area contributed by atoms with E-state index in [0.717, 1.165) is 42.5 Å². The van der Waals surface area contributed by atoms with Crippen LogP contribution in [0.4, 0.5) is 0 Å². The van der Waals surface area contributed by atoms with Crippen LogP contribution in [-0.4, -0.2) is 43.5 Å². The predicted molar refractivity (Wildman–Crippen MR) is 111 cm³/mol. The van der Waals surface area contributed by atoms with Crippen molar-refractivity contribution in [3.05, 3.63) is 47.5 Å². The van der Waals surface area contributed by atoms with Crippen molar-refractivity contribution >= 4 is 5.78 Å². The zero-order valence-corrected chi connectivity index (χ0v) is 16.7. The number of hydrogen-bond donors (Lipinski definition) is 0. The maximum absolute atomic E-state index is 13.1. The minimum atomic E-state index is 0.0427. The first-order valence-corrected chi connectivity index (χ1v) is 10.6. The minimum Gasteiger partial charge on any atom is -0.490 e. The molecule has 2 aromatic rings. The number of unbranched alkanes of at least 4 members (excludes halogenated alkanes) is 1. The van der Waals surface area contributed by atoms with Gasteiger partial charge in [-0.3, -0.25) is 4.79 Å². The molecule has 1 fully saturated rings. The molecule has 4 nitrogen and oxygen atoms in total. The van der Waals surface area contributed by atoms with Gasteiger partial charge in [0.05, 0.1) is 18.8 Å². The highest BCUT2D eigenvalue weighted by Crippen LogP contribution is 2.45. The summed E-state index contributed by atoms with van der Waals surface area (Å²) in [4.78, 5) is 15.6. The van der Waals surface area contributed by atoms with E-state index in [0.29, 0.717) is 30.3 Å². The Labute approximate surface area is 167 Å². The molecule has 2 aliphatic rings. The fourth-order valence-corrected chi connectivity index (χ4v) is 4.12. The summed E-state index contributed by atoms with van der Waals surface area (Å²) in [6.07, 6.45) is 5.62. The molecule has 0 amide bonds. The summed E-state index contributed by atoms with van der Waals surface area (Å²) in [5.74, 6) is 1.35. The third-order valence-electron chi connectivity index (χ3n) is 5.63. The number of carbonyl (C=O) groups is 1. The molecule has 0 aromatic heterocycles. The molecular formula is C24H29NO3. The van der Waals surface area contributed by atoms with Crippen LogP contribution < -0.4 is 9.47 Å². The van der Waals surface area contributed by atoms with Crippen LogP contribution in [0.5, 0.6) is 11.5 Å². The lowest BCUT2D eigenvalue weighted by atomic mass is 10.0. The van der Waals surface area contributed by atoms with Gasteiger partial charge in [0.1, 0.15) is 0 Å². The third-order valence-corrected chi connectivity index (χ3v) is 5.63. The Kier molecular flexibility index (Phi) is 5.96. The van der Waals surface area contributed by atoms with Gasteiger partial charge in [-0.1, -0.05) is 37.6 Å². The van der Waals surface area contributed by atoms with Crippen LogP contribution in [0.15, 0.2) is 36.4 Å². The molecule has 4 heteroatoms. The molecule has 0 unspecified atom stereocenters. The number of hydrogen-bond acceptors (Lipinski definition) is 4. The van der Waals surface area contributed by atoms with Crippen LogP contribution in [0.1, 0.15) is 54.9 Å². The summed E-state index contributed by atoms with van der Waals surface area (Å²) in [5.41, 5.74) is 3.36. The molecule has 0 radical (unpaired) electrons. The monoisotopic (exact) mass is 379 g/mol. The lowest BCUT2D eigenvalue weighted by Gasteiger charge is -2.18. The highest BCUT2D eigenvalue weighted by molar-refractivity contribution is 6.23. The van der Waals surface area contributed by atoms with E-state index in [4.69, 9.17) is 9.47 Å². The highest BCUT2D eigenvalue weighted by Gasteiger charge is 2.31. The SMILES string of the molecule is CCCCOc1ccc2c(c1OCCCN1CCCC1)C(=O)c1ccccc1-2. The fourth-order valence-electron chi connectivity index (χ4n) is 4.12. The summed E-state index contributed by atoms with van der Waals surface area (Å²) in [6, 6.07) is 11.7. The van der Waals surface area contributed by atoms with Crippen molar-refractivity contribution in [1.82, 2.24) is 4.90 Å². The molecule has 28 heavy (non-hydrogen) atoms. The molecule has 1 saturated heterocycles. The number of fused-ring (bicyclic) bond motifs is 3. The van der Waals surface area contributed by atoms with Gasteiger partial charge in [-0.15, -0.1) is 0 Å². The first kappa shape index (κ1) is 19.0. The first-order chi connectivity index (χ1) is 13.8. The second-order valence-electron chi connectivity index (χ2n) is 7.64. The van der Waals surface area contributed by atoms with Crippen LogP contribution in [0, 0.1) is 0 Å². The van der Waals surface area contributed by atoms with Crippen molar-refractivity contribution in [2.75, 3.05) is 32.8 Å². The molecule has 1 aliphatic heterocycles. The van der Waals surface area contributed by atoms with Gasteiger partial charge in [0, 0.05) is 12.1 Å². The molecule has 1 aliphatic carbocycles. The van der Waals surface area contributed by atoms with Crippen LogP contribution in [-0.2, 0) is 0 Å². The van der Waals surface area contributed by atoms with Gasteiger partial charge in [-0.05, 0) is 62.0 Å². The summed E-state index contributed by atoms with van der Waals surface area (Å²) in [5, 5.41) is 0. The number of ketones is 1. The predicted octanol–water partition coefficient (Wildman–Crippen LogP) is 4.94. The molecule has 2 aromatic carbocycles. The van der Waals surface area contributed by atoms with Crippen LogP contribution >= 0.6 is 0 Å². The van der Waals surface area contributed by atoms with E-state index in [1.807, 2.05) is 36.4 Å². The summed E-state index contributed by atoms with van der Waals surface area (Å²) >= 11 is 0. The Balaban J connectivity index is 1.55. The molecule has 1 heterocycles. The Hall–Kier alpha value is -2.33. The Bertz CT molecular complexity index is 840. The highest BCUT2D eigenvalue weighted by atomic mass is 16.5. The topological polar surface area (TPSA) is 38.8 Å². The van der Waals surface area contributed by atoms with E-state index in [9.17, 15) is 4.79 Å². The lowest BCUT2D eigenvalue weighted by molar-refractivity contribution is 0.103. The van der Waals surface area contributed by atoms with Crippen molar-refractivity contribution in [2.45, 2.75) is 39.0 Å². The third kappa shape index (κ3) is 3.79. The average molecular weight is 380 g/mol. The number of ether oxygens (including phenoxy) is 2. The number of nitrogens with zero attached hydrogens (tertiary/aromatic N) is 1. The van der Waals surface area contributed by atoms with Gasteiger partial charge in [-0.2, -0.15) is 0 Å². The molecule has 0 N–H and O–H groups in total. The van der Waals surface area contributed by atoms with Crippen molar-refractivity contribution in [3.63, 3.8) is 0 Å². The number of likely N-dealkylation sites (tertiary alicyclic amines) is 1. The van der Waals surface area contributed by atoms with Crippen LogP contribution in [0.2, 0.25) is 0 Å². The molecule has 148 valence electrons. The second kappa shape index (κ2) is 8.78. The van der Waals surface area contributed by atoms with E-state index >= 15 is 0 Å². The number of rotatable bonds is 9. The quantitative estimate of drug-likeness (QED) is 0.494. The molecule has 0 saturated carbocycles. The van der Waals surface area contributed by atoms with E-state index in [1.165, 1.54) is 25.9 Å². The van der Waals surface area contributed by atoms with Gasteiger partial charge < -0.3 is 14.4 Å². The average Bonchev–Trinajstić information content (AvgIpc) is 3.34. The normalized spacial score (nSPS) is 15.5. The molecule has 0 spiro atoms. The number of benzene rings is 2. The van der Waals surface area contributed by atoms with Crippen LogP contribution in [0.25, 0.3) is 11.1 Å². The van der Waals surface area contributed by atoms with Crippen molar-refractivity contribution in [1.29, 1.82) is 0 Å². The first-order valence-electron chi connectivity index (χ1n) is 10.6. The van der Waals surface area contributed by atoms with E-state index in [1.54, 1.807) is 0 Å². The fraction of sp³-hybridized carbons (Fsp3) is 0.458. The van der Waals surface area contributed by atoms with Gasteiger partial charge in [0.25, 0.3) is 0 Å². The molecule has 0 atom stereocenters. The standard InChI is InChI=1S/C24H29NO3/c1-2-3-16-27-21-12-11-19-18-9-4-5-10-20(18)23(26)22(19)24(21)28-17-8-15-25-13-6-7-14-25/h4-5,9-12H,2-3,6-8,13-17H2,1H3. The van der Waals surface area contributed by atoms with Crippen LogP contribution in [0.3, 0.4) is 0 Å². The summed E-state index contributed by atoms with van der Waals surface area (Å²) in [6.45, 7) is 6.82. The Morgan fingerprint density at radius 1 is 0.893 bits per heavy atom. The van der Waals surface area contributed by atoms with Crippen molar-refractivity contribution in [3.8, 4) is 22.6 Å². The molecular weight excluding hydrogens is 350 g/mol. The molecule has 4 rings (SSSR count). The van der Waals surface area contributed by atoms with E-state index < -0.39 is 0 Å². The minimum absolute atomic E-state index is 0.0427. The second-order valence-corrected chi connectivity index (χ2v) is 7.64. The molecule has 0 bridgehead atoms. The Morgan fingerprint density at radius 3 is 2.43 bits per heavy atom.